The number of nitrogens with zero attached hydrogens (tertiary/aromatic N) is 1. The van der Waals surface area contributed by atoms with Gasteiger partial charge in [0.15, 0.2) is 0 Å². The highest BCUT2D eigenvalue weighted by atomic mass is 35.5. The number of piperidine rings is 1. The molecule has 0 aromatic heterocycles. The lowest BCUT2D eigenvalue weighted by atomic mass is 9.98. The van der Waals surface area contributed by atoms with Crippen LogP contribution in [0, 0.1) is 5.92 Å². The predicted octanol–water partition coefficient (Wildman–Crippen LogP) is 4.26. The Hall–Kier alpha value is -2.53. The Kier molecular flexibility index (Phi) is 6.35. The number of benzene rings is 2. The van der Waals surface area contributed by atoms with Crippen LogP contribution < -0.4 is 10.6 Å². The summed E-state index contributed by atoms with van der Waals surface area (Å²) in [4.78, 5) is 26.5. The van der Waals surface area contributed by atoms with Crippen LogP contribution in [0.4, 0.5) is 11.4 Å². The molecule has 27 heavy (non-hydrogen) atoms. The number of likely N-dealkylation sites (tertiary alicyclic amines) is 1. The van der Waals surface area contributed by atoms with Crippen molar-refractivity contribution >= 4 is 34.8 Å². The lowest BCUT2D eigenvalue weighted by Gasteiger charge is -2.30. The monoisotopic (exact) mass is 385 g/mol. The van der Waals surface area contributed by atoms with E-state index >= 15 is 0 Å². The molecule has 0 saturated carbocycles. The van der Waals surface area contributed by atoms with Gasteiger partial charge in [-0.25, -0.2) is 0 Å². The van der Waals surface area contributed by atoms with Crippen LogP contribution in [0.15, 0.2) is 48.5 Å². The van der Waals surface area contributed by atoms with E-state index in [0.717, 1.165) is 31.6 Å². The van der Waals surface area contributed by atoms with Gasteiger partial charge in [0.25, 0.3) is 5.91 Å². The van der Waals surface area contributed by atoms with Gasteiger partial charge in [-0.2, -0.15) is 0 Å². The van der Waals surface area contributed by atoms with Gasteiger partial charge in [0.2, 0.25) is 5.91 Å². The Morgan fingerprint density at radius 2 is 1.59 bits per heavy atom. The Bertz CT molecular complexity index is 782. The Labute approximate surface area is 164 Å². The quantitative estimate of drug-likeness (QED) is 0.808. The summed E-state index contributed by atoms with van der Waals surface area (Å²) >= 11 is 5.83. The molecule has 0 atom stereocenters. The molecule has 6 heteroatoms. The van der Waals surface area contributed by atoms with E-state index in [1.807, 2.05) is 17.0 Å². The Morgan fingerprint density at radius 1 is 1.00 bits per heavy atom. The largest absolute Gasteiger partial charge is 0.376 e. The highest BCUT2D eigenvalue weighted by Gasteiger charge is 2.21. The highest BCUT2D eigenvalue weighted by molar-refractivity contribution is 6.30. The molecule has 1 aliphatic heterocycles. The van der Waals surface area contributed by atoms with E-state index in [9.17, 15) is 9.59 Å². The maximum Gasteiger partial charge on any atom is 0.253 e. The zero-order chi connectivity index (χ0) is 19.2. The van der Waals surface area contributed by atoms with E-state index in [0.29, 0.717) is 22.2 Å². The molecule has 1 heterocycles. The van der Waals surface area contributed by atoms with Crippen molar-refractivity contribution in [2.75, 3.05) is 30.3 Å². The molecule has 0 aliphatic carbocycles. The van der Waals surface area contributed by atoms with Gasteiger partial charge in [0.05, 0.1) is 6.54 Å². The number of carbonyl (C=O) groups excluding carboxylic acids is 2. The van der Waals surface area contributed by atoms with Gasteiger partial charge in [-0.1, -0.05) is 18.5 Å². The minimum Gasteiger partial charge on any atom is -0.376 e. The van der Waals surface area contributed by atoms with E-state index in [1.54, 1.807) is 36.4 Å². The van der Waals surface area contributed by atoms with Gasteiger partial charge in [-0.05, 0) is 67.3 Å². The lowest BCUT2D eigenvalue weighted by molar-refractivity contribution is -0.114. The van der Waals surface area contributed by atoms with Crippen LogP contribution in [0.3, 0.4) is 0 Å². The normalized spacial score (nSPS) is 14.7. The van der Waals surface area contributed by atoms with Crippen LogP contribution in [0.2, 0.25) is 5.02 Å². The maximum absolute atomic E-state index is 12.5. The average Bonchev–Trinajstić information content (AvgIpc) is 2.69. The van der Waals surface area contributed by atoms with Gasteiger partial charge in [-0.15, -0.1) is 0 Å². The second-order valence-electron chi connectivity index (χ2n) is 6.96. The Balaban J connectivity index is 1.49. The number of anilines is 2. The molecule has 0 unspecified atom stereocenters. The first-order valence-electron chi connectivity index (χ1n) is 9.20. The smallest absolute Gasteiger partial charge is 0.253 e. The summed E-state index contributed by atoms with van der Waals surface area (Å²) in [6.45, 7) is 4.01. The van der Waals surface area contributed by atoms with E-state index in [1.165, 1.54) is 0 Å². The van der Waals surface area contributed by atoms with Crippen molar-refractivity contribution in [3.63, 3.8) is 0 Å². The average molecular weight is 386 g/mol. The third kappa shape index (κ3) is 5.47. The molecule has 0 bridgehead atoms. The lowest BCUT2D eigenvalue weighted by Crippen LogP contribution is -2.37. The van der Waals surface area contributed by atoms with Crippen LogP contribution in [-0.4, -0.2) is 36.3 Å². The molecule has 1 fully saturated rings. The standard InChI is InChI=1S/C21H24ClN3O2/c1-15-10-12-25(13-11-15)21(27)16-2-6-18(7-3-16)23-14-20(26)24-19-8-4-17(22)5-9-19/h2-9,15,23H,10-14H2,1H3,(H,24,26). The first-order chi connectivity index (χ1) is 13.0. The third-order valence-corrected chi connectivity index (χ3v) is 5.04. The molecule has 3 rings (SSSR count). The zero-order valence-electron chi connectivity index (χ0n) is 15.4. The second kappa shape index (κ2) is 8.91. The molecular weight excluding hydrogens is 362 g/mol. The van der Waals surface area contributed by atoms with E-state index in [2.05, 4.69) is 17.6 Å². The van der Waals surface area contributed by atoms with E-state index < -0.39 is 0 Å². The number of amides is 2. The molecule has 1 saturated heterocycles. The summed E-state index contributed by atoms with van der Waals surface area (Å²) in [5, 5.41) is 6.48. The number of hydrogen-bond donors (Lipinski definition) is 2. The van der Waals surface area contributed by atoms with Crippen LogP contribution in [0.1, 0.15) is 30.1 Å². The number of hydrogen-bond acceptors (Lipinski definition) is 3. The van der Waals surface area contributed by atoms with Gasteiger partial charge < -0.3 is 15.5 Å². The molecule has 2 aromatic carbocycles. The van der Waals surface area contributed by atoms with Crippen LogP contribution in [0.5, 0.6) is 0 Å². The molecule has 1 aliphatic rings. The fourth-order valence-electron chi connectivity index (χ4n) is 3.05. The summed E-state index contributed by atoms with van der Waals surface area (Å²) in [6, 6.07) is 14.2. The van der Waals surface area contributed by atoms with Crippen molar-refractivity contribution < 1.29 is 9.59 Å². The van der Waals surface area contributed by atoms with Crippen molar-refractivity contribution in [3.05, 3.63) is 59.1 Å². The van der Waals surface area contributed by atoms with Gasteiger partial charge in [0, 0.05) is 35.1 Å². The minimum atomic E-state index is -0.153. The van der Waals surface area contributed by atoms with E-state index in [-0.39, 0.29) is 18.4 Å². The highest BCUT2D eigenvalue weighted by Crippen LogP contribution is 2.19. The summed E-state index contributed by atoms with van der Waals surface area (Å²) in [6.07, 6.45) is 2.13. The summed E-state index contributed by atoms with van der Waals surface area (Å²) in [5.41, 5.74) is 2.17. The third-order valence-electron chi connectivity index (χ3n) is 4.78. The van der Waals surface area contributed by atoms with Crippen molar-refractivity contribution in [1.82, 2.24) is 4.90 Å². The molecule has 2 amide bonds. The molecule has 5 nitrogen and oxygen atoms in total. The second-order valence-corrected chi connectivity index (χ2v) is 7.40. The fraction of sp³-hybridized carbons (Fsp3) is 0.333. The van der Waals surface area contributed by atoms with Crippen molar-refractivity contribution in [2.24, 2.45) is 5.92 Å². The van der Waals surface area contributed by atoms with Crippen LogP contribution in [0.25, 0.3) is 0 Å². The van der Waals surface area contributed by atoms with Gasteiger partial charge >= 0.3 is 0 Å². The fourth-order valence-corrected chi connectivity index (χ4v) is 3.17. The first-order valence-corrected chi connectivity index (χ1v) is 9.57. The number of rotatable bonds is 5. The SMILES string of the molecule is CC1CCN(C(=O)c2ccc(NCC(=O)Nc3ccc(Cl)cc3)cc2)CC1. The van der Waals surface area contributed by atoms with Crippen molar-refractivity contribution in [2.45, 2.75) is 19.8 Å². The van der Waals surface area contributed by atoms with Gasteiger partial charge in [0.1, 0.15) is 0 Å². The summed E-state index contributed by atoms with van der Waals surface area (Å²) in [7, 11) is 0. The first kappa shape index (κ1) is 19.2. The number of halogens is 1. The van der Waals surface area contributed by atoms with E-state index in [4.69, 9.17) is 11.6 Å². The molecule has 0 spiro atoms. The molecule has 142 valence electrons. The molecular formula is C21H24ClN3O2. The molecule has 0 radical (unpaired) electrons. The van der Waals surface area contributed by atoms with Crippen LogP contribution in [-0.2, 0) is 4.79 Å². The summed E-state index contributed by atoms with van der Waals surface area (Å²) < 4.78 is 0. The topological polar surface area (TPSA) is 61.4 Å². The number of carbonyl (C=O) groups is 2. The zero-order valence-corrected chi connectivity index (χ0v) is 16.1. The maximum atomic E-state index is 12.5. The number of nitrogens with one attached hydrogen (secondary N) is 2. The van der Waals surface area contributed by atoms with Crippen LogP contribution >= 0.6 is 11.6 Å². The van der Waals surface area contributed by atoms with Gasteiger partial charge in [-0.3, -0.25) is 9.59 Å². The minimum absolute atomic E-state index is 0.0777. The molecule has 2 N–H and O–H groups in total. The molecule has 2 aromatic rings. The predicted molar refractivity (Wildman–Crippen MR) is 109 cm³/mol. The van der Waals surface area contributed by atoms with Crippen molar-refractivity contribution in [1.29, 1.82) is 0 Å². The Morgan fingerprint density at radius 3 is 2.22 bits per heavy atom. The van der Waals surface area contributed by atoms with Crippen molar-refractivity contribution in [3.8, 4) is 0 Å². The summed E-state index contributed by atoms with van der Waals surface area (Å²) in [5.74, 6) is 0.619.